The molecule has 2 aromatic rings. The number of rotatable bonds is 4. The highest BCUT2D eigenvalue weighted by Crippen LogP contribution is 2.24. The van der Waals surface area contributed by atoms with Gasteiger partial charge in [0.15, 0.2) is 6.29 Å². The van der Waals surface area contributed by atoms with Gasteiger partial charge < -0.3 is 0 Å². The Hall–Kier alpha value is -2.21. The first-order valence-corrected chi connectivity index (χ1v) is 6.24. The Labute approximate surface area is 120 Å². The highest BCUT2D eigenvalue weighted by Gasteiger charge is 2.17. The van der Waals surface area contributed by atoms with Crippen LogP contribution in [0.2, 0.25) is 5.02 Å². The van der Waals surface area contributed by atoms with Crippen molar-refractivity contribution < 1.29 is 9.72 Å². The lowest BCUT2D eigenvalue weighted by molar-refractivity contribution is -0.385. The van der Waals surface area contributed by atoms with Crippen molar-refractivity contribution in [2.75, 3.05) is 0 Å². The molecule has 0 unspecified atom stereocenters. The van der Waals surface area contributed by atoms with Crippen LogP contribution in [0.4, 0.5) is 5.69 Å². The molecular weight excluding hydrogens is 282 g/mol. The number of nitro benzene ring substituents is 1. The molecule has 1 aromatic carbocycles. The molecule has 0 aliphatic heterocycles. The fraction of sp³-hybridized carbons (Fsp3) is 0.231. The summed E-state index contributed by atoms with van der Waals surface area (Å²) in [5.41, 5.74) is 2.23. The molecule has 0 radical (unpaired) electrons. The molecule has 0 fully saturated rings. The van der Waals surface area contributed by atoms with Crippen molar-refractivity contribution in [1.29, 1.82) is 0 Å². The van der Waals surface area contributed by atoms with Crippen molar-refractivity contribution in [3.8, 4) is 0 Å². The Kier molecular flexibility index (Phi) is 3.85. The molecule has 0 atom stereocenters. The molecule has 0 N–H and O–H groups in total. The first-order chi connectivity index (χ1) is 9.43. The van der Waals surface area contributed by atoms with Gasteiger partial charge in [0.2, 0.25) is 0 Å². The molecule has 0 amide bonds. The highest BCUT2D eigenvalue weighted by atomic mass is 35.5. The summed E-state index contributed by atoms with van der Waals surface area (Å²) in [4.78, 5) is 21.5. The van der Waals surface area contributed by atoms with Crippen molar-refractivity contribution in [1.82, 2.24) is 9.78 Å². The average Bonchev–Trinajstić information content (AvgIpc) is 2.66. The van der Waals surface area contributed by atoms with Gasteiger partial charge >= 0.3 is 0 Å². The molecule has 7 heteroatoms. The Bertz CT molecular complexity index is 694. The van der Waals surface area contributed by atoms with Crippen LogP contribution in [-0.2, 0) is 6.54 Å². The van der Waals surface area contributed by atoms with E-state index in [2.05, 4.69) is 5.10 Å². The van der Waals surface area contributed by atoms with Crippen LogP contribution in [0.1, 0.15) is 27.3 Å². The second-order valence-corrected chi connectivity index (χ2v) is 4.83. The number of halogens is 1. The molecule has 20 heavy (non-hydrogen) atoms. The molecule has 1 aromatic heterocycles. The summed E-state index contributed by atoms with van der Waals surface area (Å²) in [6.45, 7) is 3.70. The number of carbonyl (C=O) groups excluding carboxylic acids is 1. The van der Waals surface area contributed by atoms with Gasteiger partial charge in [0.05, 0.1) is 28.3 Å². The van der Waals surface area contributed by atoms with Gasteiger partial charge in [-0.1, -0.05) is 11.6 Å². The summed E-state index contributed by atoms with van der Waals surface area (Å²) in [6, 6.07) is 4.50. The number of nitrogens with zero attached hydrogens (tertiary/aromatic N) is 3. The standard InChI is InChI=1S/C13H12ClN3O3/c1-8-12(7-18)9(2)16(15-8)6-10-3-4-11(14)5-13(10)17(19)20/h3-5,7H,6H2,1-2H3. The maximum atomic E-state index is 11.0. The predicted molar refractivity (Wildman–Crippen MR) is 74.3 cm³/mol. The number of aromatic nitrogens is 2. The van der Waals surface area contributed by atoms with Crippen LogP contribution in [-0.4, -0.2) is 21.0 Å². The zero-order valence-corrected chi connectivity index (χ0v) is 11.7. The Morgan fingerprint density at radius 3 is 2.70 bits per heavy atom. The van der Waals surface area contributed by atoms with Crippen LogP contribution in [0.25, 0.3) is 0 Å². The van der Waals surface area contributed by atoms with Crippen molar-refractivity contribution in [3.63, 3.8) is 0 Å². The number of benzene rings is 1. The summed E-state index contributed by atoms with van der Waals surface area (Å²) in [7, 11) is 0. The van der Waals surface area contributed by atoms with E-state index in [-0.39, 0.29) is 12.2 Å². The third-order valence-electron chi connectivity index (χ3n) is 3.12. The topological polar surface area (TPSA) is 78.0 Å². The van der Waals surface area contributed by atoms with Crippen LogP contribution in [0, 0.1) is 24.0 Å². The maximum Gasteiger partial charge on any atom is 0.275 e. The summed E-state index contributed by atoms with van der Waals surface area (Å²) in [6.07, 6.45) is 0.741. The number of carbonyl (C=O) groups is 1. The molecule has 0 aliphatic carbocycles. The first kappa shape index (κ1) is 14.2. The minimum Gasteiger partial charge on any atom is -0.298 e. The normalized spacial score (nSPS) is 10.6. The molecule has 0 saturated carbocycles. The molecule has 0 bridgehead atoms. The van der Waals surface area contributed by atoms with Gasteiger partial charge in [-0.25, -0.2) is 0 Å². The quantitative estimate of drug-likeness (QED) is 0.493. The van der Waals surface area contributed by atoms with Crippen LogP contribution in [0.3, 0.4) is 0 Å². The fourth-order valence-electron chi connectivity index (χ4n) is 2.04. The molecule has 6 nitrogen and oxygen atoms in total. The second-order valence-electron chi connectivity index (χ2n) is 4.39. The van der Waals surface area contributed by atoms with E-state index < -0.39 is 4.92 Å². The lowest BCUT2D eigenvalue weighted by atomic mass is 10.1. The Balaban J connectivity index is 2.45. The number of nitro groups is 1. The van der Waals surface area contributed by atoms with E-state index in [0.717, 1.165) is 6.29 Å². The van der Waals surface area contributed by atoms with Crippen LogP contribution >= 0.6 is 11.6 Å². The molecule has 2 rings (SSSR count). The van der Waals surface area contributed by atoms with Gasteiger partial charge in [-0.05, 0) is 26.0 Å². The van der Waals surface area contributed by atoms with E-state index in [9.17, 15) is 14.9 Å². The molecule has 0 saturated heterocycles. The monoisotopic (exact) mass is 293 g/mol. The minimum absolute atomic E-state index is 0.0577. The van der Waals surface area contributed by atoms with Crippen LogP contribution in [0.15, 0.2) is 18.2 Å². The molecule has 0 aliphatic rings. The molecule has 104 valence electrons. The third-order valence-corrected chi connectivity index (χ3v) is 3.35. The van der Waals surface area contributed by atoms with Crippen molar-refractivity contribution in [3.05, 3.63) is 55.9 Å². The van der Waals surface area contributed by atoms with Gasteiger partial charge in [-0.3, -0.25) is 19.6 Å². The zero-order chi connectivity index (χ0) is 14.9. The Morgan fingerprint density at radius 1 is 1.45 bits per heavy atom. The summed E-state index contributed by atoms with van der Waals surface area (Å²) >= 11 is 5.77. The van der Waals surface area contributed by atoms with Crippen molar-refractivity contribution in [2.45, 2.75) is 20.4 Å². The van der Waals surface area contributed by atoms with Gasteiger partial charge in [0.1, 0.15) is 0 Å². The lowest BCUT2D eigenvalue weighted by Crippen LogP contribution is -2.06. The van der Waals surface area contributed by atoms with E-state index in [1.807, 2.05) is 0 Å². The summed E-state index contributed by atoms with van der Waals surface area (Å²) in [5, 5.41) is 15.6. The van der Waals surface area contributed by atoms with Crippen molar-refractivity contribution >= 4 is 23.6 Å². The van der Waals surface area contributed by atoms with Crippen molar-refractivity contribution in [2.24, 2.45) is 0 Å². The van der Waals surface area contributed by atoms with Gasteiger partial charge in [-0.15, -0.1) is 0 Å². The summed E-state index contributed by atoms with van der Waals surface area (Å²) in [5.74, 6) is 0. The third kappa shape index (κ3) is 2.55. The van der Waals surface area contributed by atoms with Gasteiger partial charge in [0, 0.05) is 16.8 Å². The Morgan fingerprint density at radius 2 is 2.15 bits per heavy atom. The van der Waals surface area contributed by atoms with Crippen LogP contribution in [0.5, 0.6) is 0 Å². The number of hydrogen-bond acceptors (Lipinski definition) is 4. The largest absolute Gasteiger partial charge is 0.298 e. The molecule has 0 spiro atoms. The number of aldehydes is 1. The maximum absolute atomic E-state index is 11.0. The van der Waals surface area contributed by atoms with E-state index >= 15 is 0 Å². The number of hydrogen-bond donors (Lipinski definition) is 0. The molecular formula is C13H12ClN3O3. The van der Waals surface area contributed by atoms with Gasteiger partial charge in [0.25, 0.3) is 5.69 Å². The lowest BCUT2D eigenvalue weighted by Gasteiger charge is -2.06. The van der Waals surface area contributed by atoms with E-state index in [0.29, 0.717) is 27.5 Å². The predicted octanol–water partition coefficient (Wildman–Crippen LogP) is 2.92. The highest BCUT2D eigenvalue weighted by molar-refractivity contribution is 6.30. The van der Waals surface area contributed by atoms with Gasteiger partial charge in [-0.2, -0.15) is 5.10 Å². The minimum atomic E-state index is -0.479. The number of aryl methyl sites for hydroxylation is 1. The summed E-state index contributed by atoms with van der Waals surface area (Å²) < 4.78 is 1.58. The zero-order valence-electron chi connectivity index (χ0n) is 11.0. The van der Waals surface area contributed by atoms with E-state index in [4.69, 9.17) is 11.6 Å². The first-order valence-electron chi connectivity index (χ1n) is 5.86. The molecule has 1 heterocycles. The van der Waals surface area contributed by atoms with E-state index in [1.165, 1.54) is 6.07 Å². The van der Waals surface area contributed by atoms with E-state index in [1.54, 1.807) is 30.7 Å². The average molecular weight is 294 g/mol. The SMILES string of the molecule is Cc1nn(Cc2ccc(Cl)cc2[N+](=O)[O-])c(C)c1C=O. The smallest absolute Gasteiger partial charge is 0.275 e. The second kappa shape index (κ2) is 5.42. The van der Waals surface area contributed by atoms with Crippen LogP contribution < -0.4 is 0 Å². The fourth-order valence-corrected chi connectivity index (χ4v) is 2.20.